The molecule has 0 spiro atoms. The Bertz CT molecular complexity index is 1120. The smallest absolute Gasteiger partial charge is 0.243 e. The highest BCUT2D eigenvalue weighted by molar-refractivity contribution is 5.89. The van der Waals surface area contributed by atoms with Crippen molar-refractivity contribution in [3.05, 3.63) is 107 Å². The van der Waals surface area contributed by atoms with Gasteiger partial charge in [-0.25, -0.2) is 4.39 Å². The van der Waals surface area contributed by atoms with E-state index >= 15 is 0 Å². The van der Waals surface area contributed by atoms with Crippen LogP contribution in [0.25, 0.3) is 0 Å². The largest absolute Gasteiger partial charge is 0.352 e. The van der Waals surface area contributed by atoms with Gasteiger partial charge in [-0.1, -0.05) is 91.6 Å². The zero-order valence-corrected chi connectivity index (χ0v) is 21.0. The fourth-order valence-electron chi connectivity index (χ4n) is 4.87. The normalized spacial score (nSPS) is 14.7. The monoisotopic (exact) mass is 486 g/mol. The van der Waals surface area contributed by atoms with Gasteiger partial charge in [0.1, 0.15) is 11.9 Å². The van der Waals surface area contributed by atoms with Crippen LogP contribution in [-0.2, 0) is 29.0 Å². The van der Waals surface area contributed by atoms with Crippen LogP contribution in [0.2, 0.25) is 0 Å². The molecule has 1 atom stereocenters. The van der Waals surface area contributed by atoms with Gasteiger partial charge in [0, 0.05) is 19.0 Å². The molecule has 3 aromatic carbocycles. The molecule has 0 heterocycles. The number of hydrogen-bond donors (Lipinski definition) is 1. The van der Waals surface area contributed by atoms with E-state index in [4.69, 9.17) is 0 Å². The molecule has 0 aliphatic heterocycles. The molecule has 0 aromatic heterocycles. The Morgan fingerprint density at radius 1 is 0.861 bits per heavy atom. The summed E-state index contributed by atoms with van der Waals surface area (Å²) in [5.41, 5.74) is 3.81. The maximum atomic E-state index is 13.8. The van der Waals surface area contributed by atoms with Crippen molar-refractivity contribution >= 4 is 11.8 Å². The van der Waals surface area contributed by atoms with Gasteiger partial charge in [0.2, 0.25) is 11.8 Å². The molecule has 0 saturated heterocycles. The van der Waals surface area contributed by atoms with E-state index in [0.717, 1.165) is 47.9 Å². The van der Waals surface area contributed by atoms with Gasteiger partial charge in [0.25, 0.3) is 0 Å². The minimum Gasteiger partial charge on any atom is -0.352 e. The minimum atomic E-state index is -0.669. The van der Waals surface area contributed by atoms with Gasteiger partial charge in [0.15, 0.2) is 0 Å². The second-order valence-electron chi connectivity index (χ2n) is 9.86. The van der Waals surface area contributed by atoms with Crippen molar-refractivity contribution in [2.75, 3.05) is 0 Å². The predicted octanol–water partition coefficient (Wildman–Crippen LogP) is 5.77. The molecule has 4 nitrogen and oxygen atoms in total. The van der Waals surface area contributed by atoms with Crippen molar-refractivity contribution in [3.8, 4) is 0 Å². The van der Waals surface area contributed by atoms with Crippen molar-refractivity contribution in [1.82, 2.24) is 10.2 Å². The van der Waals surface area contributed by atoms with E-state index in [1.54, 1.807) is 17.0 Å². The number of nitrogens with zero attached hydrogens (tertiary/aromatic N) is 1. The molecule has 1 aliphatic carbocycles. The third kappa shape index (κ3) is 7.27. The minimum absolute atomic E-state index is 0.120. The van der Waals surface area contributed by atoms with Crippen LogP contribution >= 0.6 is 0 Å². The summed E-state index contributed by atoms with van der Waals surface area (Å²) in [4.78, 5) is 29.2. The molecular formula is C31H35FN2O2. The maximum Gasteiger partial charge on any atom is 0.243 e. The number of nitrogens with one attached hydrogen (secondary N) is 1. The maximum absolute atomic E-state index is 13.8. The van der Waals surface area contributed by atoms with Gasteiger partial charge >= 0.3 is 0 Å². The number of benzene rings is 3. The van der Waals surface area contributed by atoms with E-state index in [1.165, 1.54) is 18.6 Å². The Morgan fingerprint density at radius 2 is 1.50 bits per heavy atom. The standard InChI is InChI=1S/C31H35FN2O2/c1-23-12-14-25(15-13-23)21-30(35)34(22-26-16-18-27(32)19-17-26)29(20-24-8-4-2-5-9-24)31(36)33-28-10-6-3-7-11-28/h2,4-5,8-9,12-19,28-29H,3,6-7,10-11,20-22H2,1H3,(H,33,36). The van der Waals surface area contributed by atoms with E-state index < -0.39 is 6.04 Å². The average Bonchev–Trinajstić information content (AvgIpc) is 2.89. The lowest BCUT2D eigenvalue weighted by Gasteiger charge is -2.33. The summed E-state index contributed by atoms with van der Waals surface area (Å²) < 4.78 is 13.6. The first-order chi connectivity index (χ1) is 17.5. The van der Waals surface area contributed by atoms with Gasteiger partial charge < -0.3 is 10.2 Å². The fourth-order valence-corrected chi connectivity index (χ4v) is 4.87. The number of halogens is 1. The Morgan fingerprint density at radius 3 is 2.17 bits per heavy atom. The summed E-state index contributed by atoms with van der Waals surface area (Å²) in [5.74, 6) is -0.569. The highest BCUT2D eigenvalue weighted by atomic mass is 19.1. The van der Waals surface area contributed by atoms with Crippen molar-refractivity contribution in [2.45, 2.75) is 70.5 Å². The Balaban J connectivity index is 1.64. The van der Waals surface area contributed by atoms with Crippen LogP contribution in [0.5, 0.6) is 0 Å². The molecule has 0 radical (unpaired) electrons. The molecule has 0 bridgehead atoms. The van der Waals surface area contributed by atoms with Gasteiger partial charge in [-0.2, -0.15) is 0 Å². The third-order valence-corrected chi connectivity index (χ3v) is 6.96. The van der Waals surface area contributed by atoms with Crippen LogP contribution in [0.1, 0.15) is 54.4 Å². The van der Waals surface area contributed by atoms with Gasteiger partial charge in [-0.05, 0) is 48.6 Å². The van der Waals surface area contributed by atoms with Crippen LogP contribution in [-0.4, -0.2) is 28.8 Å². The fraction of sp³-hybridized carbons (Fsp3) is 0.355. The molecule has 1 N–H and O–H groups in total. The number of amides is 2. The van der Waals surface area contributed by atoms with E-state index in [1.807, 2.05) is 61.5 Å². The first kappa shape index (κ1) is 25.6. The summed E-state index contributed by atoms with van der Waals surface area (Å²) >= 11 is 0. The van der Waals surface area contributed by atoms with E-state index in [2.05, 4.69) is 5.32 Å². The van der Waals surface area contributed by atoms with Crippen LogP contribution in [0.4, 0.5) is 4.39 Å². The molecule has 188 valence electrons. The van der Waals surface area contributed by atoms with Crippen molar-refractivity contribution in [2.24, 2.45) is 0 Å². The zero-order valence-electron chi connectivity index (χ0n) is 21.0. The molecular weight excluding hydrogens is 451 g/mol. The summed E-state index contributed by atoms with van der Waals surface area (Å²) in [7, 11) is 0. The quantitative estimate of drug-likeness (QED) is 0.418. The summed E-state index contributed by atoms with van der Waals surface area (Å²) in [5, 5.41) is 3.25. The molecule has 5 heteroatoms. The number of rotatable bonds is 9. The average molecular weight is 487 g/mol. The lowest BCUT2D eigenvalue weighted by molar-refractivity contribution is -0.141. The molecule has 36 heavy (non-hydrogen) atoms. The van der Waals surface area contributed by atoms with Crippen LogP contribution in [0.15, 0.2) is 78.9 Å². The highest BCUT2D eigenvalue weighted by Gasteiger charge is 2.32. The number of aryl methyl sites for hydroxylation is 1. The van der Waals surface area contributed by atoms with Gasteiger partial charge in [-0.3, -0.25) is 9.59 Å². The number of carbonyl (C=O) groups excluding carboxylic acids is 2. The molecule has 4 rings (SSSR count). The summed E-state index contributed by atoms with van der Waals surface area (Å²) in [6, 6.07) is 23.3. The van der Waals surface area contributed by atoms with E-state index in [0.29, 0.717) is 6.42 Å². The SMILES string of the molecule is Cc1ccc(CC(=O)N(Cc2ccc(F)cc2)C(Cc2ccccc2)C(=O)NC2CCCCC2)cc1. The number of carbonyl (C=O) groups is 2. The lowest BCUT2D eigenvalue weighted by atomic mass is 9.94. The molecule has 1 fully saturated rings. The molecule has 1 aliphatic rings. The van der Waals surface area contributed by atoms with Crippen molar-refractivity contribution in [1.29, 1.82) is 0 Å². The first-order valence-corrected chi connectivity index (χ1v) is 12.9. The molecule has 3 aromatic rings. The first-order valence-electron chi connectivity index (χ1n) is 12.9. The van der Waals surface area contributed by atoms with Crippen LogP contribution in [0.3, 0.4) is 0 Å². The Kier molecular flexibility index (Phi) is 8.88. The Hall–Kier alpha value is -3.47. The lowest BCUT2D eigenvalue weighted by Crippen LogP contribution is -2.53. The molecule has 1 unspecified atom stereocenters. The van der Waals surface area contributed by atoms with E-state index in [9.17, 15) is 14.0 Å². The van der Waals surface area contributed by atoms with E-state index in [-0.39, 0.29) is 36.6 Å². The zero-order chi connectivity index (χ0) is 25.3. The summed E-state index contributed by atoms with van der Waals surface area (Å²) in [6.45, 7) is 2.25. The second kappa shape index (κ2) is 12.5. The van der Waals surface area contributed by atoms with Gasteiger partial charge in [0.05, 0.1) is 6.42 Å². The van der Waals surface area contributed by atoms with Crippen LogP contribution in [0, 0.1) is 12.7 Å². The second-order valence-corrected chi connectivity index (χ2v) is 9.86. The van der Waals surface area contributed by atoms with Crippen molar-refractivity contribution < 1.29 is 14.0 Å². The summed E-state index contributed by atoms with van der Waals surface area (Å²) in [6.07, 6.45) is 5.98. The third-order valence-electron chi connectivity index (χ3n) is 6.96. The van der Waals surface area contributed by atoms with Crippen LogP contribution < -0.4 is 5.32 Å². The number of hydrogen-bond acceptors (Lipinski definition) is 2. The molecule has 2 amide bonds. The molecule has 1 saturated carbocycles. The Labute approximate surface area is 213 Å². The predicted molar refractivity (Wildman–Crippen MR) is 141 cm³/mol. The highest BCUT2D eigenvalue weighted by Crippen LogP contribution is 2.20. The van der Waals surface area contributed by atoms with Crippen molar-refractivity contribution in [3.63, 3.8) is 0 Å². The van der Waals surface area contributed by atoms with Gasteiger partial charge in [-0.15, -0.1) is 0 Å². The topological polar surface area (TPSA) is 49.4 Å².